The molecule has 2 rings (SSSR count). The number of hydrogen-bond acceptors (Lipinski definition) is 4. The van der Waals surface area contributed by atoms with Gasteiger partial charge in [-0.1, -0.05) is 28.1 Å². The fourth-order valence-electron chi connectivity index (χ4n) is 2.27. The standard InChI is InChI=1S/C13H20BrN3O/c1-17-5-6-18-13(9-17)12(16-15)8-10-3-2-4-11(14)7-10/h2-4,7,12-13,16H,5-6,8-9,15H2,1H3. The summed E-state index contributed by atoms with van der Waals surface area (Å²) in [4.78, 5) is 2.28. The number of benzene rings is 1. The molecule has 1 aromatic carbocycles. The molecule has 0 aromatic heterocycles. The number of nitrogens with zero attached hydrogens (tertiary/aromatic N) is 1. The third kappa shape index (κ3) is 3.76. The first-order valence-electron chi connectivity index (χ1n) is 6.20. The number of nitrogens with two attached hydrogens (primary N) is 1. The summed E-state index contributed by atoms with van der Waals surface area (Å²) in [7, 11) is 2.11. The summed E-state index contributed by atoms with van der Waals surface area (Å²) in [5.74, 6) is 5.67. The molecule has 0 spiro atoms. The molecule has 1 fully saturated rings. The summed E-state index contributed by atoms with van der Waals surface area (Å²) < 4.78 is 6.90. The lowest BCUT2D eigenvalue weighted by atomic mass is 10.0. The number of hydrazine groups is 1. The Kier molecular flexibility index (Phi) is 5.14. The van der Waals surface area contributed by atoms with Crippen molar-refractivity contribution in [1.29, 1.82) is 0 Å². The highest BCUT2D eigenvalue weighted by molar-refractivity contribution is 9.10. The lowest BCUT2D eigenvalue weighted by Gasteiger charge is -2.35. The van der Waals surface area contributed by atoms with Crippen LogP contribution in [0.5, 0.6) is 0 Å². The maximum atomic E-state index is 5.81. The monoisotopic (exact) mass is 313 g/mol. The predicted molar refractivity (Wildman–Crippen MR) is 76.2 cm³/mol. The number of nitrogens with one attached hydrogen (secondary N) is 1. The Bertz CT molecular complexity index is 388. The second kappa shape index (κ2) is 6.63. The van der Waals surface area contributed by atoms with Crippen molar-refractivity contribution in [2.75, 3.05) is 26.7 Å². The third-order valence-corrected chi connectivity index (χ3v) is 3.80. The second-order valence-electron chi connectivity index (χ2n) is 4.78. The maximum Gasteiger partial charge on any atom is 0.0871 e. The van der Waals surface area contributed by atoms with E-state index in [1.54, 1.807) is 0 Å². The van der Waals surface area contributed by atoms with Gasteiger partial charge in [0.2, 0.25) is 0 Å². The van der Waals surface area contributed by atoms with Crippen LogP contribution in [0.15, 0.2) is 28.7 Å². The highest BCUT2D eigenvalue weighted by atomic mass is 79.9. The lowest BCUT2D eigenvalue weighted by molar-refractivity contribution is -0.0384. The fraction of sp³-hybridized carbons (Fsp3) is 0.538. The Morgan fingerprint density at radius 2 is 2.44 bits per heavy atom. The van der Waals surface area contributed by atoms with Crippen LogP contribution in [0.4, 0.5) is 0 Å². The van der Waals surface area contributed by atoms with Crippen LogP contribution < -0.4 is 11.3 Å². The van der Waals surface area contributed by atoms with Crippen LogP contribution in [-0.4, -0.2) is 43.8 Å². The molecular formula is C13H20BrN3O. The first-order valence-corrected chi connectivity index (χ1v) is 6.99. The summed E-state index contributed by atoms with van der Waals surface area (Å²) in [5.41, 5.74) is 4.15. The van der Waals surface area contributed by atoms with Crippen molar-refractivity contribution in [2.24, 2.45) is 5.84 Å². The SMILES string of the molecule is CN1CCOC(C(Cc2cccc(Br)c2)NN)C1. The average molecular weight is 314 g/mol. The number of ether oxygens (including phenoxy) is 1. The average Bonchev–Trinajstić information content (AvgIpc) is 2.36. The molecule has 1 heterocycles. The molecule has 5 heteroatoms. The van der Waals surface area contributed by atoms with Crippen molar-refractivity contribution in [3.63, 3.8) is 0 Å². The molecule has 1 saturated heterocycles. The van der Waals surface area contributed by atoms with Gasteiger partial charge in [0.05, 0.1) is 18.8 Å². The van der Waals surface area contributed by atoms with Crippen molar-refractivity contribution in [3.8, 4) is 0 Å². The highest BCUT2D eigenvalue weighted by Gasteiger charge is 2.26. The Labute approximate surface area is 117 Å². The molecule has 0 bridgehead atoms. The molecule has 0 amide bonds. The normalized spacial score (nSPS) is 22.9. The minimum Gasteiger partial charge on any atom is -0.374 e. The molecule has 4 nitrogen and oxygen atoms in total. The topological polar surface area (TPSA) is 50.5 Å². The van der Waals surface area contributed by atoms with E-state index in [9.17, 15) is 0 Å². The zero-order valence-electron chi connectivity index (χ0n) is 10.6. The number of halogens is 1. The molecule has 100 valence electrons. The fourth-order valence-corrected chi connectivity index (χ4v) is 2.72. The van der Waals surface area contributed by atoms with Gasteiger partial charge >= 0.3 is 0 Å². The van der Waals surface area contributed by atoms with Gasteiger partial charge in [0, 0.05) is 17.6 Å². The summed E-state index contributed by atoms with van der Waals surface area (Å²) in [6.07, 6.45) is 1.02. The second-order valence-corrected chi connectivity index (χ2v) is 5.69. The number of morpholine rings is 1. The molecule has 0 aliphatic carbocycles. The summed E-state index contributed by atoms with van der Waals surface area (Å²) in [6, 6.07) is 8.44. The molecule has 0 radical (unpaired) electrons. The first kappa shape index (κ1) is 14.0. The molecule has 0 saturated carbocycles. The summed E-state index contributed by atoms with van der Waals surface area (Å²) in [6.45, 7) is 2.69. The molecule has 2 unspecified atom stereocenters. The van der Waals surface area contributed by atoms with Gasteiger partial charge in [-0.2, -0.15) is 0 Å². The van der Waals surface area contributed by atoms with Gasteiger partial charge in [0.25, 0.3) is 0 Å². The van der Waals surface area contributed by atoms with Crippen LogP contribution in [0.2, 0.25) is 0 Å². The van der Waals surface area contributed by atoms with E-state index >= 15 is 0 Å². The maximum absolute atomic E-state index is 5.81. The number of rotatable bonds is 4. The van der Waals surface area contributed by atoms with Gasteiger partial charge in [-0.15, -0.1) is 0 Å². The zero-order valence-corrected chi connectivity index (χ0v) is 12.2. The van der Waals surface area contributed by atoms with Gasteiger partial charge < -0.3 is 9.64 Å². The van der Waals surface area contributed by atoms with E-state index in [4.69, 9.17) is 10.6 Å². The van der Waals surface area contributed by atoms with E-state index in [0.717, 1.165) is 30.6 Å². The molecule has 1 aliphatic rings. The largest absolute Gasteiger partial charge is 0.374 e. The number of likely N-dealkylation sites (N-methyl/N-ethyl adjacent to an activating group) is 1. The zero-order chi connectivity index (χ0) is 13.0. The van der Waals surface area contributed by atoms with Gasteiger partial charge in [-0.3, -0.25) is 11.3 Å². The van der Waals surface area contributed by atoms with E-state index in [2.05, 4.69) is 45.4 Å². The van der Waals surface area contributed by atoms with Gasteiger partial charge in [0.15, 0.2) is 0 Å². The van der Waals surface area contributed by atoms with E-state index in [1.807, 2.05) is 12.1 Å². The Hall–Kier alpha value is -0.460. The first-order chi connectivity index (χ1) is 8.69. The van der Waals surface area contributed by atoms with Crippen molar-refractivity contribution < 1.29 is 4.74 Å². The van der Waals surface area contributed by atoms with Crippen LogP contribution >= 0.6 is 15.9 Å². The summed E-state index contributed by atoms with van der Waals surface area (Å²) in [5, 5.41) is 0. The van der Waals surface area contributed by atoms with E-state index < -0.39 is 0 Å². The van der Waals surface area contributed by atoms with Crippen LogP contribution in [0.25, 0.3) is 0 Å². The molecule has 2 atom stereocenters. The van der Waals surface area contributed by atoms with Crippen LogP contribution in [0, 0.1) is 0 Å². The summed E-state index contributed by atoms with van der Waals surface area (Å²) >= 11 is 3.49. The molecular weight excluding hydrogens is 294 g/mol. The highest BCUT2D eigenvalue weighted by Crippen LogP contribution is 2.16. The van der Waals surface area contributed by atoms with Crippen molar-refractivity contribution in [2.45, 2.75) is 18.6 Å². The Morgan fingerprint density at radius 3 is 3.11 bits per heavy atom. The van der Waals surface area contributed by atoms with Gasteiger partial charge in [-0.05, 0) is 31.2 Å². The van der Waals surface area contributed by atoms with E-state index in [-0.39, 0.29) is 12.1 Å². The van der Waals surface area contributed by atoms with Crippen LogP contribution in [0.3, 0.4) is 0 Å². The van der Waals surface area contributed by atoms with Crippen LogP contribution in [0.1, 0.15) is 5.56 Å². The minimum atomic E-state index is 0.141. The molecule has 1 aliphatic heterocycles. The van der Waals surface area contributed by atoms with Gasteiger partial charge in [0.1, 0.15) is 0 Å². The lowest BCUT2D eigenvalue weighted by Crippen LogP contribution is -2.54. The predicted octanol–water partition coefficient (Wildman–Crippen LogP) is 1.15. The molecule has 18 heavy (non-hydrogen) atoms. The third-order valence-electron chi connectivity index (χ3n) is 3.30. The van der Waals surface area contributed by atoms with Crippen molar-refractivity contribution in [1.82, 2.24) is 10.3 Å². The van der Waals surface area contributed by atoms with Gasteiger partial charge in [-0.25, -0.2) is 0 Å². The van der Waals surface area contributed by atoms with E-state index in [1.165, 1.54) is 5.56 Å². The van der Waals surface area contributed by atoms with Crippen LogP contribution in [-0.2, 0) is 11.2 Å². The quantitative estimate of drug-likeness (QED) is 0.647. The minimum absolute atomic E-state index is 0.141. The van der Waals surface area contributed by atoms with E-state index in [0.29, 0.717) is 0 Å². The Morgan fingerprint density at radius 1 is 1.61 bits per heavy atom. The van der Waals surface area contributed by atoms with Crippen molar-refractivity contribution in [3.05, 3.63) is 34.3 Å². The molecule has 3 N–H and O–H groups in total. The smallest absolute Gasteiger partial charge is 0.0871 e. The Balaban J connectivity index is 2.00. The molecule has 1 aromatic rings. The van der Waals surface area contributed by atoms with Crippen molar-refractivity contribution >= 4 is 15.9 Å². The number of hydrogen-bond donors (Lipinski definition) is 2.